The third-order valence-electron chi connectivity index (χ3n) is 3.66. The van der Waals surface area contributed by atoms with Gasteiger partial charge in [-0.2, -0.15) is 0 Å². The van der Waals surface area contributed by atoms with Gasteiger partial charge in [0.1, 0.15) is 11.9 Å². The van der Waals surface area contributed by atoms with Crippen LogP contribution in [-0.2, 0) is 17.8 Å². The summed E-state index contributed by atoms with van der Waals surface area (Å²) in [6.45, 7) is 6.41. The van der Waals surface area contributed by atoms with E-state index in [1.807, 2.05) is 4.57 Å². The van der Waals surface area contributed by atoms with E-state index >= 15 is 0 Å². The number of allylic oxidation sites excluding steroid dienone is 1. The number of rotatable bonds is 13. The van der Waals surface area contributed by atoms with Crippen molar-refractivity contribution in [1.29, 1.82) is 0 Å². The van der Waals surface area contributed by atoms with Crippen LogP contribution in [0.3, 0.4) is 0 Å². The average Bonchev–Trinajstić information content (AvgIpc) is 2.93. The smallest absolute Gasteiger partial charge is 0.321 e. The van der Waals surface area contributed by atoms with Crippen molar-refractivity contribution >= 4 is 17.7 Å². The number of aryl methyl sites for hydroxylation is 1. The molecular formula is C16H28N4O3S. The average molecular weight is 356 g/mol. The van der Waals surface area contributed by atoms with Gasteiger partial charge in [0.15, 0.2) is 5.16 Å². The van der Waals surface area contributed by atoms with E-state index in [9.17, 15) is 9.90 Å². The SMILES string of the molecule is C=CCn1c(CCC(O)CCCCC)nnc1SC[C@@H](N)C(=O)O. The minimum absolute atomic E-state index is 0.226. The summed E-state index contributed by atoms with van der Waals surface area (Å²) < 4.78 is 1.89. The molecule has 136 valence electrons. The van der Waals surface area contributed by atoms with Gasteiger partial charge in [-0.1, -0.05) is 44.0 Å². The maximum Gasteiger partial charge on any atom is 0.321 e. The second-order valence-electron chi connectivity index (χ2n) is 5.74. The van der Waals surface area contributed by atoms with Crippen LogP contribution in [0.5, 0.6) is 0 Å². The highest BCUT2D eigenvalue weighted by Crippen LogP contribution is 2.19. The summed E-state index contributed by atoms with van der Waals surface area (Å²) in [6.07, 6.45) is 6.78. The molecule has 0 saturated heterocycles. The third-order valence-corrected chi connectivity index (χ3v) is 4.74. The molecule has 0 aliphatic rings. The van der Waals surface area contributed by atoms with Crippen LogP contribution in [0.1, 0.15) is 44.9 Å². The molecule has 0 bridgehead atoms. The van der Waals surface area contributed by atoms with Crippen molar-refractivity contribution in [3.63, 3.8) is 0 Å². The molecule has 2 atom stereocenters. The van der Waals surface area contributed by atoms with Gasteiger partial charge in [0, 0.05) is 18.7 Å². The number of aliphatic carboxylic acids is 1. The quantitative estimate of drug-likeness (QED) is 0.281. The number of aromatic nitrogens is 3. The molecule has 24 heavy (non-hydrogen) atoms. The Morgan fingerprint density at radius 2 is 2.17 bits per heavy atom. The van der Waals surface area contributed by atoms with E-state index in [0.29, 0.717) is 24.5 Å². The van der Waals surface area contributed by atoms with Crippen LogP contribution < -0.4 is 5.73 Å². The third kappa shape index (κ3) is 7.02. The van der Waals surface area contributed by atoms with Crippen LogP contribution in [-0.4, -0.2) is 48.8 Å². The molecule has 1 heterocycles. The topological polar surface area (TPSA) is 114 Å². The van der Waals surface area contributed by atoms with E-state index in [1.165, 1.54) is 11.8 Å². The number of hydrogen-bond donors (Lipinski definition) is 3. The number of aliphatic hydroxyl groups is 1. The number of carbonyl (C=O) groups is 1. The van der Waals surface area contributed by atoms with Crippen molar-refractivity contribution in [3.8, 4) is 0 Å². The molecule has 1 unspecified atom stereocenters. The molecule has 0 saturated carbocycles. The summed E-state index contributed by atoms with van der Waals surface area (Å²) in [4.78, 5) is 10.8. The second-order valence-corrected chi connectivity index (χ2v) is 6.73. The summed E-state index contributed by atoms with van der Waals surface area (Å²) in [5.74, 6) is -0.0342. The van der Waals surface area contributed by atoms with Gasteiger partial charge in [-0.25, -0.2) is 0 Å². The van der Waals surface area contributed by atoms with Crippen LogP contribution in [0, 0.1) is 0 Å². The lowest BCUT2D eigenvalue weighted by Crippen LogP contribution is -2.32. The number of hydrogen-bond acceptors (Lipinski definition) is 6. The van der Waals surface area contributed by atoms with E-state index in [1.54, 1.807) is 6.08 Å². The summed E-state index contributed by atoms with van der Waals surface area (Å²) >= 11 is 1.27. The Kier molecular flexibility index (Phi) is 9.66. The number of unbranched alkanes of at least 4 members (excludes halogenated alkanes) is 2. The number of carboxylic acid groups (broad SMARTS) is 1. The number of nitrogens with zero attached hydrogens (tertiary/aromatic N) is 3. The lowest BCUT2D eigenvalue weighted by Gasteiger charge is -2.11. The molecule has 0 aromatic carbocycles. The molecule has 0 amide bonds. The highest BCUT2D eigenvalue weighted by molar-refractivity contribution is 7.99. The zero-order valence-electron chi connectivity index (χ0n) is 14.2. The molecule has 1 aromatic heterocycles. The van der Waals surface area contributed by atoms with Crippen molar-refractivity contribution in [2.45, 2.75) is 69.3 Å². The van der Waals surface area contributed by atoms with Gasteiger partial charge in [0.25, 0.3) is 0 Å². The van der Waals surface area contributed by atoms with E-state index in [0.717, 1.165) is 31.5 Å². The first-order valence-corrected chi connectivity index (χ1v) is 9.30. The fourth-order valence-electron chi connectivity index (χ4n) is 2.23. The summed E-state index contributed by atoms with van der Waals surface area (Å²) in [7, 11) is 0. The Balaban J connectivity index is 2.60. The molecule has 0 radical (unpaired) electrons. The Morgan fingerprint density at radius 3 is 2.79 bits per heavy atom. The van der Waals surface area contributed by atoms with E-state index < -0.39 is 12.0 Å². The lowest BCUT2D eigenvalue weighted by atomic mass is 10.1. The molecule has 0 fully saturated rings. The van der Waals surface area contributed by atoms with E-state index in [2.05, 4.69) is 23.7 Å². The molecule has 0 spiro atoms. The summed E-state index contributed by atoms with van der Waals surface area (Å²) in [6, 6.07) is -0.937. The monoisotopic (exact) mass is 356 g/mol. The molecule has 8 heteroatoms. The van der Waals surface area contributed by atoms with Gasteiger partial charge in [0.05, 0.1) is 6.10 Å². The lowest BCUT2D eigenvalue weighted by molar-refractivity contribution is -0.137. The van der Waals surface area contributed by atoms with Gasteiger partial charge in [-0.05, 0) is 12.8 Å². The molecule has 0 aliphatic carbocycles. The molecule has 0 aliphatic heterocycles. The summed E-state index contributed by atoms with van der Waals surface area (Å²) in [5, 5.41) is 27.8. The fourth-order valence-corrected chi connectivity index (χ4v) is 3.13. The molecule has 7 nitrogen and oxygen atoms in total. The normalized spacial score (nSPS) is 13.6. The highest BCUT2D eigenvalue weighted by atomic mass is 32.2. The van der Waals surface area contributed by atoms with Crippen molar-refractivity contribution in [3.05, 3.63) is 18.5 Å². The predicted molar refractivity (Wildman–Crippen MR) is 95.0 cm³/mol. The van der Waals surface area contributed by atoms with Crippen molar-refractivity contribution in [2.24, 2.45) is 5.73 Å². The zero-order valence-corrected chi connectivity index (χ0v) is 15.0. The van der Waals surface area contributed by atoms with E-state index in [4.69, 9.17) is 10.8 Å². The van der Waals surface area contributed by atoms with Crippen LogP contribution in [0.2, 0.25) is 0 Å². The van der Waals surface area contributed by atoms with Crippen LogP contribution >= 0.6 is 11.8 Å². The maximum atomic E-state index is 10.8. The molecule has 4 N–H and O–H groups in total. The minimum atomic E-state index is -1.03. The molecular weight excluding hydrogens is 328 g/mol. The number of thioether (sulfide) groups is 1. The first kappa shape index (κ1) is 20.7. The highest BCUT2D eigenvalue weighted by Gasteiger charge is 2.17. The van der Waals surface area contributed by atoms with Crippen molar-refractivity contribution in [2.75, 3.05) is 5.75 Å². The maximum absolute atomic E-state index is 10.8. The Bertz CT molecular complexity index is 521. The van der Waals surface area contributed by atoms with Gasteiger partial charge < -0.3 is 20.5 Å². The first-order valence-electron chi connectivity index (χ1n) is 8.31. The summed E-state index contributed by atoms with van der Waals surface area (Å²) in [5.41, 5.74) is 5.52. The molecule has 1 aromatic rings. The van der Waals surface area contributed by atoms with Gasteiger partial charge in [0.2, 0.25) is 0 Å². The Hall–Kier alpha value is -1.38. The predicted octanol–water partition coefficient (Wildman–Crippen LogP) is 1.84. The van der Waals surface area contributed by atoms with Crippen molar-refractivity contribution in [1.82, 2.24) is 14.8 Å². The largest absolute Gasteiger partial charge is 0.480 e. The minimum Gasteiger partial charge on any atom is -0.480 e. The van der Waals surface area contributed by atoms with E-state index in [-0.39, 0.29) is 11.9 Å². The van der Waals surface area contributed by atoms with Gasteiger partial charge >= 0.3 is 5.97 Å². The van der Waals surface area contributed by atoms with Crippen LogP contribution in [0.25, 0.3) is 0 Å². The standard InChI is InChI=1S/C16H28N4O3S/c1-3-5-6-7-12(21)8-9-14-18-19-16(20(14)10-4-2)24-11-13(17)15(22)23/h4,12-13,21H,2-3,5-11,17H2,1H3,(H,22,23)/t12?,13-/m1/s1. The Morgan fingerprint density at radius 1 is 1.42 bits per heavy atom. The first-order chi connectivity index (χ1) is 11.5. The van der Waals surface area contributed by atoms with Crippen LogP contribution in [0.15, 0.2) is 17.8 Å². The van der Waals surface area contributed by atoms with Gasteiger partial charge in [-0.15, -0.1) is 16.8 Å². The second kappa shape index (κ2) is 11.2. The molecule has 1 rings (SSSR count). The Labute approximate surface area is 147 Å². The number of carboxylic acids is 1. The fraction of sp³-hybridized carbons (Fsp3) is 0.688. The zero-order chi connectivity index (χ0) is 17.9. The van der Waals surface area contributed by atoms with Crippen molar-refractivity contribution < 1.29 is 15.0 Å². The van der Waals surface area contributed by atoms with Crippen LogP contribution in [0.4, 0.5) is 0 Å². The number of nitrogens with two attached hydrogens (primary N) is 1. The van der Waals surface area contributed by atoms with Gasteiger partial charge in [-0.3, -0.25) is 4.79 Å². The number of aliphatic hydroxyl groups excluding tert-OH is 1.